The summed E-state index contributed by atoms with van der Waals surface area (Å²) < 4.78 is 0. The number of aliphatic imine (C=N–C) groups is 1. The molecular weight excluding hydrogens is 374 g/mol. The molecule has 0 saturated carbocycles. The topological polar surface area (TPSA) is 157 Å². The molecule has 0 radical (unpaired) electrons. The normalized spacial score (nSPS) is 16.9. The number of amidine groups is 1. The SMILES string of the molecule is Cc1ccc2[nH]c(O)c(N=NC3=NC(=O)C(CC(=O)NCC(=O)O)S3)c2c1. The molecule has 1 atom stereocenters. The smallest absolute Gasteiger partial charge is 0.322 e. The Morgan fingerprint density at radius 3 is 2.89 bits per heavy atom. The van der Waals surface area contributed by atoms with Crippen LogP contribution in [-0.4, -0.2) is 49.9 Å². The highest BCUT2D eigenvalue weighted by Gasteiger charge is 2.31. The lowest BCUT2D eigenvalue weighted by atomic mass is 10.2. The second kappa shape index (κ2) is 7.58. The van der Waals surface area contributed by atoms with Crippen LogP contribution in [0.1, 0.15) is 12.0 Å². The molecule has 1 aromatic carbocycles. The van der Waals surface area contributed by atoms with Gasteiger partial charge in [-0.15, -0.1) is 10.2 Å². The molecule has 140 valence electrons. The molecule has 1 unspecified atom stereocenters. The third kappa shape index (κ3) is 4.31. The first-order chi connectivity index (χ1) is 12.8. The Kier molecular flexibility index (Phi) is 5.21. The van der Waals surface area contributed by atoms with E-state index >= 15 is 0 Å². The summed E-state index contributed by atoms with van der Waals surface area (Å²) in [6, 6.07) is 5.53. The van der Waals surface area contributed by atoms with Gasteiger partial charge in [-0.3, -0.25) is 14.4 Å². The minimum atomic E-state index is -1.17. The maximum Gasteiger partial charge on any atom is 0.322 e. The van der Waals surface area contributed by atoms with Gasteiger partial charge in [0.2, 0.25) is 17.0 Å². The van der Waals surface area contributed by atoms with Crippen molar-refractivity contribution < 1.29 is 24.6 Å². The summed E-state index contributed by atoms with van der Waals surface area (Å²) in [6.45, 7) is 1.39. The number of carboxylic acids is 1. The number of carboxylic acid groups (broad SMARTS) is 1. The number of nitrogens with one attached hydrogen (secondary N) is 2. The number of nitrogens with zero attached hydrogens (tertiary/aromatic N) is 3. The van der Waals surface area contributed by atoms with Crippen molar-refractivity contribution in [2.24, 2.45) is 15.2 Å². The van der Waals surface area contributed by atoms with Gasteiger partial charge in [-0.2, -0.15) is 4.99 Å². The van der Waals surface area contributed by atoms with Gasteiger partial charge < -0.3 is 20.5 Å². The molecular formula is C16H15N5O5S. The van der Waals surface area contributed by atoms with Crippen molar-refractivity contribution >= 4 is 51.3 Å². The van der Waals surface area contributed by atoms with E-state index in [1.807, 2.05) is 19.1 Å². The number of amides is 2. The van der Waals surface area contributed by atoms with Crippen molar-refractivity contribution in [3.63, 3.8) is 0 Å². The number of hydrogen-bond donors (Lipinski definition) is 4. The molecule has 3 rings (SSSR count). The molecule has 0 bridgehead atoms. The van der Waals surface area contributed by atoms with E-state index in [9.17, 15) is 19.5 Å². The van der Waals surface area contributed by atoms with Crippen molar-refractivity contribution in [2.45, 2.75) is 18.6 Å². The number of fused-ring (bicyclic) bond motifs is 1. The third-order valence-electron chi connectivity index (χ3n) is 3.68. The van der Waals surface area contributed by atoms with E-state index in [4.69, 9.17) is 5.11 Å². The number of aliphatic carboxylic acids is 1. The summed E-state index contributed by atoms with van der Waals surface area (Å²) >= 11 is 0.958. The van der Waals surface area contributed by atoms with Crippen LogP contribution in [0.25, 0.3) is 10.9 Å². The molecule has 27 heavy (non-hydrogen) atoms. The molecule has 4 N–H and O–H groups in total. The lowest BCUT2D eigenvalue weighted by Gasteiger charge is -2.05. The van der Waals surface area contributed by atoms with E-state index in [0.717, 1.165) is 17.3 Å². The van der Waals surface area contributed by atoms with E-state index in [2.05, 4.69) is 25.5 Å². The monoisotopic (exact) mass is 389 g/mol. The van der Waals surface area contributed by atoms with Crippen LogP contribution < -0.4 is 5.32 Å². The number of rotatable bonds is 5. The largest absolute Gasteiger partial charge is 0.493 e. The zero-order chi connectivity index (χ0) is 19.6. The quantitative estimate of drug-likeness (QED) is 0.572. The summed E-state index contributed by atoms with van der Waals surface area (Å²) in [5.74, 6) is -2.44. The molecule has 1 aromatic heterocycles. The number of aromatic nitrogens is 1. The highest BCUT2D eigenvalue weighted by atomic mass is 32.2. The van der Waals surface area contributed by atoms with Crippen molar-refractivity contribution in [1.82, 2.24) is 10.3 Å². The molecule has 0 aliphatic carbocycles. The fourth-order valence-corrected chi connectivity index (χ4v) is 3.30. The van der Waals surface area contributed by atoms with Crippen molar-refractivity contribution in [3.8, 4) is 5.88 Å². The van der Waals surface area contributed by atoms with Crippen LogP contribution >= 0.6 is 11.8 Å². The number of carbonyl (C=O) groups is 3. The molecule has 11 heteroatoms. The number of carbonyl (C=O) groups excluding carboxylic acids is 2. The highest BCUT2D eigenvalue weighted by molar-refractivity contribution is 8.15. The fraction of sp³-hybridized carbons (Fsp3) is 0.250. The molecule has 1 aliphatic rings. The summed E-state index contributed by atoms with van der Waals surface area (Å²) in [4.78, 5) is 40.5. The van der Waals surface area contributed by atoms with Crippen LogP contribution in [0.2, 0.25) is 0 Å². The van der Waals surface area contributed by atoms with Gasteiger partial charge in [-0.1, -0.05) is 23.4 Å². The lowest BCUT2D eigenvalue weighted by molar-refractivity contribution is -0.137. The average molecular weight is 389 g/mol. The Morgan fingerprint density at radius 1 is 1.37 bits per heavy atom. The molecule has 0 spiro atoms. The van der Waals surface area contributed by atoms with Gasteiger partial charge in [0, 0.05) is 11.8 Å². The maximum absolute atomic E-state index is 11.9. The number of H-pyrrole nitrogens is 1. The number of azo groups is 1. The van der Waals surface area contributed by atoms with Gasteiger partial charge in [0.05, 0.1) is 5.52 Å². The zero-order valence-corrected chi connectivity index (χ0v) is 14.9. The zero-order valence-electron chi connectivity index (χ0n) is 14.1. The first-order valence-electron chi connectivity index (χ1n) is 7.84. The minimum absolute atomic E-state index is 0.0671. The van der Waals surface area contributed by atoms with Gasteiger partial charge in [-0.25, -0.2) is 0 Å². The summed E-state index contributed by atoms with van der Waals surface area (Å²) in [6.07, 6.45) is -0.211. The van der Waals surface area contributed by atoms with Gasteiger partial charge in [-0.05, 0) is 19.1 Å². The van der Waals surface area contributed by atoms with E-state index in [1.165, 1.54) is 0 Å². The standard InChI is InChI=1S/C16H15N5O5S/c1-7-2-3-9-8(4-7)13(15(26)18-9)20-21-16-19-14(25)10(27-16)5-11(22)17-6-12(23)24/h2-4,10,18,26H,5-6H2,1H3,(H,17,22)(H,23,24). The summed E-state index contributed by atoms with van der Waals surface area (Å²) in [7, 11) is 0. The first-order valence-corrected chi connectivity index (χ1v) is 8.72. The number of aryl methyl sites for hydroxylation is 1. The Morgan fingerprint density at radius 2 is 2.15 bits per heavy atom. The number of aromatic amines is 1. The third-order valence-corrected chi connectivity index (χ3v) is 4.72. The fourth-order valence-electron chi connectivity index (χ4n) is 2.43. The number of benzene rings is 1. The molecule has 0 saturated heterocycles. The Labute approximate surface area is 156 Å². The molecule has 2 amide bonds. The van der Waals surface area contributed by atoms with Crippen molar-refractivity contribution in [3.05, 3.63) is 23.8 Å². The Bertz CT molecular complexity index is 996. The van der Waals surface area contributed by atoms with Crippen molar-refractivity contribution in [1.29, 1.82) is 0 Å². The highest BCUT2D eigenvalue weighted by Crippen LogP contribution is 2.36. The van der Waals surface area contributed by atoms with E-state index < -0.39 is 29.6 Å². The lowest BCUT2D eigenvalue weighted by Crippen LogP contribution is -2.32. The predicted molar refractivity (Wildman–Crippen MR) is 98.3 cm³/mol. The van der Waals surface area contributed by atoms with E-state index in [1.54, 1.807) is 6.07 Å². The Balaban J connectivity index is 1.69. The molecule has 10 nitrogen and oxygen atoms in total. The summed E-state index contributed by atoms with van der Waals surface area (Å²) in [5.41, 5.74) is 1.90. The maximum atomic E-state index is 11.9. The van der Waals surface area contributed by atoms with Gasteiger partial charge >= 0.3 is 5.97 Å². The van der Waals surface area contributed by atoms with Crippen LogP contribution in [-0.2, 0) is 14.4 Å². The van der Waals surface area contributed by atoms with Crippen LogP contribution in [0.3, 0.4) is 0 Å². The van der Waals surface area contributed by atoms with Crippen LogP contribution in [0.5, 0.6) is 5.88 Å². The van der Waals surface area contributed by atoms with E-state index in [-0.39, 0.29) is 23.2 Å². The molecule has 2 aromatic rings. The minimum Gasteiger partial charge on any atom is -0.493 e. The second-order valence-corrected chi connectivity index (χ2v) is 6.95. The number of aromatic hydroxyl groups is 1. The van der Waals surface area contributed by atoms with Gasteiger partial charge in [0.25, 0.3) is 5.91 Å². The molecule has 0 fully saturated rings. The van der Waals surface area contributed by atoms with Crippen LogP contribution in [0.4, 0.5) is 5.69 Å². The molecule has 1 aliphatic heterocycles. The van der Waals surface area contributed by atoms with Crippen LogP contribution in [0, 0.1) is 6.92 Å². The first kappa shape index (κ1) is 18.6. The molecule has 2 heterocycles. The number of thioether (sulfide) groups is 1. The average Bonchev–Trinajstić information content (AvgIpc) is 3.10. The Hall–Kier alpha value is -3.21. The van der Waals surface area contributed by atoms with Gasteiger partial charge in [0.15, 0.2) is 5.69 Å². The predicted octanol–water partition coefficient (Wildman–Crippen LogP) is 1.85. The van der Waals surface area contributed by atoms with Crippen molar-refractivity contribution in [2.75, 3.05) is 6.54 Å². The van der Waals surface area contributed by atoms with Crippen LogP contribution in [0.15, 0.2) is 33.4 Å². The van der Waals surface area contributed by atoms with E-state index in [0.29, 0.717) is 10.9 Å². The number of hydrogen-bond acceptors (Lipinski definition) is 7. The van der Waals surface area contributed by atoms with Gasteiger partial charge in [0.1, 0.15) is 11.8 Å². The summed E-state index contributed by atoms with van der Waals surface area (Å²) in [5, 5.41) is 28.6. The second-order valence-electron chi connectivity index (χ2n) is 5.78.